The first-order valence-corrected chi connectivity index (χ1v) is 18.9. The van der Waals surface area contributed by atoms with Gasteiger partial charge in [0.1, 0.15) is 8.07 Å². The molecular weight excluding hydrogens is 614 g/mol. The first-order valence-electron chi connectivity index (χ1n) is 14.4. The minimum atomic E-state index is -6.33. The average molecular weight is 652 g/mol. The van der Waals surface area contributed by atoms with Crippen LogP contribution in [0.15, 0.2) is 57.8 Å². The number of halogens is 5. The summed E-state index contributed by atoms with van der Waals surface area (Å²) in [5.74, 6) is -4.48. The van der Waals surface area contributed by atoms with E-state index in [4.69, 9.17) is 4.99 Å². The SMILES string of the molecule is CC/N=C1\C=C2C(=C(c3ccc(C)cc3C)c3cc(F)c(OS(=O)(=O)C(F)(F)F)c(F)c3[Si]2(C)C)C=C1C(C)CC(C)(C)C. The van der Waals surface area contributed by atoms with Crippen molar-refractivity contribution < 1.29 is 34.6 Å². The molecule has 238 valence electrons. The fourth-order valence-corrected chi connectivity index (χ4v) is 10.0. The van der Waals surface area contributed by atoms with Crippen molar-refractivity contribution in [1.82, 2.24) is 0 Å². The van der Waals surface area contributed by atoms with E-state index in [1.807, 2.05) is 45.0 Å². The molecule has 1 atom stereocenters. The van der Waals surface area contributed by atoms with Gasteiger partial charge in [0, 0.05) is 6.54 Å². The summed E-state index contributed by atoms with van der Waals surface area (Å²) in [6, 6.07) is 6.61. The summed E-state index contributed by atoms with van der Waals surface area (Å²) >= 11 is 0. The van der Waals surface area contributed by atoms with E-state index < -0.39 is 41.1 Å². The molecule has 2 aromatic carbocycles. The van der Waals surface area contributed by atoms with Gasteiger partial charge in [-0.25, -0.2) is 8.78 Å². The van der Waals surface area contributed by atoms with Crippen LogP contribution in [-0.4, -0.2) is 34.3 Å². The van der Waals surface area contributed by atoms with Gasteiger partial charge in [0.05, 0.1) is 5.71 Å². The Hall–Kier alpha value is -3.05. The number of rotatable bonds is 6. The summed E-state index contributed by atoms with van der Waals surface area (Å²) in [6.07, 6.45) is 4.84. The van der Waals surface area contributed by atoms with Gasteiger partial charge in [-0.3, -0.25) is 4.99 Å². The second-order valence-electron chi connectivity index (χ2n) is 13.3. The molecule has 0 aromatic heterocycles. The van der Waals surface area contributed by atoms with E-state index in [9.17, 15) is 21.6 Å². The first-order chi connectivity index (χ1) is 20.1. The maximum absolute atomic E-state index is 16.4. The number of aryl methyl sites for hydroxylation is 2. The van der Waals surface area contributed by atoms with Gasteiger partial charge in [0.2, 0.25) is 5.75 Å². The highest BCUT2D eigenvalue weighted by Gasteiger charge is 2.51. The molecule has 11 heteroatoms. The van der Waals surface area contributed by atoms with Gasteiger partial charge in [-0.15, -0.1) is 0 Å². The van der Waals surface area contributed by atoms with E-state index in [0.717, 1.165) is 45.7 Å². The van der Waals surface area contributed by atoms with Crippen molar-refractivity contribution in [2.75, 3.05) is 6.54 Å². The smallest absolute Gasteiger partial charge is 0.370 e. The number of allylic oxidation sites excluding steroid dienone is 5. The number of nitrogens with zero attached hydrogens (tertiary/aromatic N) is 1. The molecule has 0 fully saturated rings. The first kappa shape index (κ1) is 33.8. The van der Waals surface area contributed by atoms with Crippen molar-refractivity contribution in [1.29, 1.82) is 0 Å². The molecule has 0 saturated carbocycles. The lowest BCUT2D eigenvalue weighted by Crippen LogP contribution is -2.52. The van der Waals surface area contributed by atoms with E-state index in [-0.39, 0.29) is 22.1 Å². The van der Waals surface area contributed by atoms with E-state index in [1.54, 1.807) is 13.1 Å². The quantitative estimate of drug-likeness (QED) is 0.136. The molecule has 0 radical (unpaired) electrons. The topological polar surface area (TPSA) is 55.7 Å². The molecule has 2 aliphatic rings. The highest BCUT2D eigenvalue weighted by Crippen LogP contribution is 2.46. The Morgan fingerprint density at radius 2 is 1.64 bits per heavy atom. The van der Waals surface area contributed by atoms with Crippen LogP contribution in [0.3, 0.4) is 0 Å². The Morgan fingerprint density at radius 3 is 2.18 bits per heavy atom. The largest absolute Gasteiger partial charge is 0.534 e. The minimum absolute atomic E-state index is 0.0128. The van der Waals surface area contributed by atoms with Crippen LogP contribution in [0.1, 0.15) is 63.3 Å². The third kappa shape index (κ3) is 6.09. The van der Waals surface area contributed by atoms with Crippen LogP contribution in [0.4, 0.5) is 22.0 Å². The van der Waals surface area contributed by atoms with Crippen LogP contribution in [0, 0.1) is 36.8 Å². The Balaban J connectivity index is 2.15. The van der Waals surface area contributed by atoms with Gasteiger partial charge in [0.15, 0.2) is 11.6 Å². The number of aliphatic imine (C=N–C) groups is 1. The van der Waals surface area contributed by atoms with Crippen molar-refractivity contribution in [2.24, 2.45) is 16.3 Å². The summed E-state index contributed by atoms with van der Waals surface area (Å²) in [7, 11) is -9.53. The Kier molecular flexibility index (Phi) is 8.76. The molecule has 1 heterocycles. The van der Waals surface area contributed by atoms with Crippen molar-refractivity contribution in [2.45, 2.75) is 73.5 Å². The maximum atomic E-state index is 16.4. The Labute approximate surface area is 257 Å². The Bertz CT molecular complexity index is 1760. The molecular formula is C33H38F5NO3SSi. The predicted octanol–water partition coefficient (Wildman–Crippen LogP) is 8.48. The summed E-state index contributed by atoms with van der Waals surface area (Å²) < 4.78 is 99.4. The normalized spacial score (nSPS) is 18.5. The zero-order chi connectivity index (χ0) is 33.2. The van der Waals surface area contributed by atoms with Crippen LogP contribution < -0.4 is 9.37 Å². The van der Waals surface area contributed by atoms with Crippen LogP contribution >= 0.6 is 0 Å². The lowest BCUT2D eigenvalue weighted by molar-refractivity contribution is -0.0501. The summed E-state index contributed by atoms with van der Waals surface area (Å²) in [5, 5.41) is 0.723. The van der Waals surface area contributed by atoms with Crippen LogP contribution in [0.2, 0.25) is 13.1 Å². The number of benzene rings is 2. The molecule has 0 bridgehead atoms. The third-order valence-electron chi connectivity index (χ3n) is 8.09. The molecule has 4 nitrogen and oxygen atoms in total. The monoisotopic (exact) mass is 651 g/mol. The molecule has 1 unspecified atom stereocenters. The van der Waals surface area contributed by atoms with Crippen molar-refractivity contribution in [3.05, 3.63) is 86.6 Å². The maximum Gasteiger partial charge on any atom is 0.534 e. The number of hydrogen-bond acceptors (Lipinski definition) is 4. The predicted molar refractivity (Wildman–Crippen MR) is 168 cm³/mol. The fraction of sp³-hybridized carbons (Fsp3) is 0.424. The summed E-state index contributed by atoms with van der Waals surface area (Å²) in [6.45, 7) is 18.4. The van der Waals surface area contributed by atoms with Gasteiger partial charge < -0.3 is 4.18 Å². The third-order valence-corrected chi connectivity index (χ3v) is 12.5. The van der Waals surface area contributed by atoms with Gasteiger partial charge in [-0.1, -0.05) is 64.6 Å². The number of alkyl halides is 3. The average Bonchev–Trinajstić information content (AvgIpc) is 2.85. The summed E-state index contributed by atoms with van der Waals surface area (Å²) in [5.41, 5.74) is -0.128. The lowest BCUT2D eigenvalue weighted by Gasteiger charge is -2.40. The van der Waals surface area contributed by atoms with Gasteiger partial charge in [0.25, 0.3) is 0 Å². The second-order valence-corrected chi connectivity index (χ2v) is 19.1. The van der Waals surface area contributed by atoms with Crippen molar-refractivity contribution in [3.8, 4) is 5.75 Å². The van der Waals surface area contributed by atoms with E-state index in [0.29, 0.717) is 17.7 Å². The number of fused-ring (bicyclic) bond motifs is 2. The van der Waals surface area contributed by atoms with Crippen molar-refractivity contribution >= 4 is 34.7 Å². The fourth-order valence-electron chi connectivity index (χ4n) is 6.37. The molecule has 0 amide bonds. The highest BCUT2D eigenvalue weighted by molar-refractivity contribution is 7.88. The van der Waals surface area contributed by atoms with Gasteiger partial charge >= 0.3 is 15.6 Å². The summed E-state index contributed by atoms with van der Waals surface area (Å²) in [4.78, 5) is 4.77. The zero-order valence-electron chi connectivity index (χ0n) is 26.4. The molecule has 1 aliphatic carbocycles. The number of hydrogen-bond donors (Lipinski definition) is 0. The van der Waals surface area contributed by atoms with Crippen LogP contribution in [-0.2, 0) is 10.1 Å². The standard InChI is InChI=1S/C33H38F5NO3SSi/c1-10-39-26-16-27-23(14-22(26)20(4)17-32(5,6)7)28(21-12-11-18(2)13-19(21)3)24-15-25(34)30(29(35)31(24)44(27,8)9)42-43(40,41)33(36,37)38/h11-16,20H,10,17H2,1-9H3/b39-26+. The van der Waals surface area contributed by atoms with Gasteiger partial charge in [-0.05, 0) is 101 Å². The molecule has 0 saturated heterocycles. The molecule has 2 aromatic rings. The minimum Gasteiger partial charge on any atom is -0.370 e. The second kappa shape index (κ2) is 11.4. The van der Waals surface area contributed by atoms with Crippen molar-refractivity contribution in [3.63, 3.8) is 0 Å². The molecule has 4 rings (SSSR count). The molecule has 0 N–H and O–H groups in total. The van der Waals surface area contributed by atoms with E-state index in [1.165, 1.54) is 0 Å². The molecule has 44 heavy (non-hydrogen) atoms. The highest BCUT2D eigenvalue weighted by atomic mass is 32.2. The Morgan fingerprint density at radius 1 is 1.00 bits per heavy atom. The van der Waals surface area contributed by atoms with E-state index in [2.05, 4.69) is 38.0 Å². The molecule has 0 spiro atoms. The zero-order valence-corrected chi connectivity index (χ0v) is 28.2. The van der Waals surface area contributed by atoms with Crippen LogP contribution in [0.25, 0.3) is 5.57 Å². The van der Waals surface area contributed by atoms with E-state index >= 15 is 8.78 Å². The van der Waals surface area contributed by atoms with Crippen LogP contribution in [0.5, 0.6) is 5.75 Å². The lowest BCUT2D eigenvalue weighted by atomic mass is 9.78. The van der Waals surface area contributed by atoms with Gasteiger partial charge in [-0.2, -0.15) is 21.6 Å². The molecule has 1 aliphatic heterocycles.